The highest BCUT2D eigenvalue weighted by atomic mass is 35.5. The Hall–Kier alpha value is -2.48. The maximum Gasteiger partial charge on any atom is 0.238 e. The third-order valence-corrected chi connectivity index (χ3v) is 5.01. The van der Waals surface area contributed by atoms with Crippen molar-refractivity contribution in [1.82, 2.24) is 19.8 Å². The molecule has 146 valence electrons. The number of para-hydroxylation sites is 2. The number of aromatic nitrogens is 2. The van der Waals surface area contributed by atoms with Crippen LogP contribution in [0.25, 0.3) is 11.0 Å². The van der Waals surface area contributed by atoms with Gasteiger partial charge in [-0.3, -0.25) is 14.6 Å². The first-order valence-corrected chi connectivity index (χ1v) is 9.57. The first kappa shape index (κ1) is 18.9. The third-order valence-electron chi connectivity index (χ3n) is 4.79. The van der Waals surface area contributed by atoms with Gasteiger partial charge in [0, 0.05) is 36.9 Å². The van der Waals surface area contributed by atoms with Crippen molar-refractivity contribution in [2.75, 3.05) is 38.0 Å². The number of aromatic amines is 1. The van der Waals surface area contributed by atoms with Crippen LogP contribution in [0.2, 0.25) is 5.02 Å². The zero-order valence-electron chi connectivity index (χ0n) is 15.3. The summed E-state index contributed by atoms with van der Waals surface area (Å²) >= 11 is 5.82. The number of benzene rings is 2. The van der Waals surface area contributed by atoms with Gasteiger partial charge in [0.25, 0.3) is 0 Å². The van der Waals surface area contributed by atoms with Crippen LogP contribution in [0, 0.1) is 5.82 Å². The number of nitrogens with one attached hydrogen (secondary N) is 2. The maximum atomic E-state index is 13.4. The van der Waals surface area contributed by atoms with Crippen molar-refractivity contribution in [2.45, 2.75) is 6.54 Å². The molecular weight excluding hydrogens is 381 g/mol. The number of hydrogen-bond acceptors (Lipinski definition) is 4. The number of rotatable bonds is 5. The predicted octanol–water partition coefficient (Wildman–Crippen LogP) is 3.11. The van der Waals surface area contributed by atoms with Gasteiger partial charge in [-0.05, 0) is 30.3 Å². The molecule has 3 aromatic rings. The number of anilines is 1. The lowest BCUT2D eigenvalue weighted by Crippen LogP contribution is -2.48. The first-order valence-electron chi connectivity index (χ1n) is 9.19. The molecule has 0 saturated carbocycles. The quantitative estimate of drug-likeness (QED) is 0.689. The van der Waals surface area contributed by atoms with Gasteiger partial charge in [-0.1, -0.05) is 23.7 Å². The minimum atomic E-state index is -0.470. The van der Waals surface area contributed by atoms with Gasteiger partial charge in [-0.15, -0.1) is 0 Å². The number of nitrogens with zero attached hydrogens (tertiary/aromatic N) is 3. The van der Waals surface area contributed by atoms with E-state index in [9.17, 15) is 9.18 Å². The van der Waals surface area contributed by atoms with E-state index in [1.165, 1.54) is 18.2 Å². The molecule has 4 rings (SSSR count). The van der Waals surface area contributed by atoms with Crippen LogP contribution in [-0.2, 0) is 11.3 Å². The molecule has 2 heterocycles. The van der Waals surface area contributed by atoms with Crippen LogP contribution >= 0.6 is 11.6 Å². The highest BCUT2D eigenvalue weighted by Crippen LogP contribution is 2.18. The van der Waals surface area contributed by atoms with Crippen LogP contribution in [-0.4, -0.2) is 58.4 Å². The zero-order valence-corrected chi connectivity index (χ0v) is 16.0. The second-order valence-electron chi connectivity index (χ2n) is 6.96. The van der Waals surface area contributed by atoms with Gasteiger partial charge >= 0.3 is 0 Å². The summed E-state index contributed by atoms with van der Waals surface area (Å²) in [6.45, 7) is 4.32. The Labute approximate surface area is 167 Å². The molecule has 0 bridgehead atoms. The number of hydrogen-bond donors (Lipinski definition) is 2. The summed E-state index contributed by atoms with van der Waals surface area (Å²) in [5, 5.41) is 2.96. The average molecular weight is 402 g/mol. The second-order valence-corrected chi connectivity index (χ2v) is 7.40. The molecule has 1 amide bonds. The highest BCUT2D eigenvalue weighted by molar-refractivity contribution is 6.30. The van der Waals surface area contributed by atoms with Crippen molar-refractivity contribution >= 4 is 34.2 Å². The SMILES string of the molecule is O=C(CN1CCN(Cc2nc3ccccc3[nH]2)CC1)Nc1cc(F)cc(Cl)c1. The van der Waals surface area contributed by atoms with E-state index in [0.717, 1.165) is 49.6 Å². The largest absolute Gasteiger partial charge is 0.341 e. The standard InChI is InChI=1S/C20H21ClFN5O/c21-14-9-15(22)11-16(10-14)23-20(28)13-27-7-5-26(6-8-27)12-19-24-17-3-1-2-4-18(17)25-19/h1-4,9-11H,5-8,12-13H2,(H,23,28)(H,24,25). The zero-order chi connectivity index (χ0) is 19.5. The van der Waals surface area contributed by atoms with Crippen molar-refractivity contribution in [3.8, 4) is 0 Å². The minimum Gasteiger partial charge on any atom is -0.341 e. The van der Waals surface area contributed by atoms with Crippen molar-refractivity contribution < 1.29 is 9.18 Å². The summed E-state index contributed by atoms with van der Waals surface area (Å²) in [5.41, 5.74) is 2.40. The monoisotopic (exact) mass is 401 g/mol. The number of halogens is 2. The van der Waals surface area contributed by atoms with Gasteiger partial charge in [-0.25, -0.2) is 9.37 Å². The smallest absolute Gasteiger partial charge is 0.238 e. The molecule has 2 aromatic carbocycles. The first-order chi connectivity index (χ1) is 13.5. The second kappa shape index (κ2) is 8.26. The van der Waals surface area contributed by atoms with Gasteiger partial charge in [-0.2, -0.15) is 0 Å². The van der Waals surface area contributed by atoms with E-state index in [2.05, 4.69) is 25.1 Å². The average Bonchev–Trinajstić information content (AvgIpc) is 3.04. The number of piperazine rings is 1. The van der Waals surface area contributed by atoms with Crippen LogP contribution in [0.3, 0.4) is 0 Å². The van der Waals surface area contributed by atoms with E-state index < -0.39 is 5.82 Å². The van der Waals surface area contributed by atoms with Gasteiger partial charge in [0.2, 0.25) is 5.91 Å². The Balaban J connectivity index is 1.26. The summed E-state index contributed by atoms with van der Waals surface area (Å²) in [5.74, 6) is 0.310. The number of fused-ring (bicyclic) bond motifs is 1. The molecule has 0 spiro atoms. The van der Waals surface area contributed by atoms with Crippen molar-refractivity contribution in [2.24, 2.45) is 0 Å². The Bertz CT molecular complexity index is 930. The van der Waals surface area contributed by atoms with Gasteiger partial charge in [0.05, 0.1) is 24.1 Å². The lowest BCUT2D eigenvalue weighted by Gasteiger charge is -2.33. The van der Waals surface area contributed by atoms with E-state index in [-0.39, 0.29) is 17.5 Å². The highest BCUT2D eigenvalue weighted by Gasteiger charge is 2.20. The van der Waals surface area contributed by atoms with Gasteiger partial charge in [0.15, 0.2) is 0 Å². The van der Waals surface area contributed by atoms with Crippen LogP contribution in [0.15, 0.2) is 42.5 Å². The fourth-order valence-electron chi connectivity index (χ4n) is 3.43. The number of amides is 1. The van der Waals surface area contributed by atoms with Crippen molar-refractivity contribution in [3.63, 3.8) is 0 Å². The van der Waals surface area contributed by atoms with Gasteiger partial charge < -0.3 is 10.3 Å². The van der Waals surface area contributed by atoms with E-state index in [0.29, 0.717) is 5.69 Å². The van der Waals surface area contributed by atoms with E-state index >= 15 is 0 Å². The number of carbonyl (C=O) groups excluding carboxylic acids is 1. The Kier molecular flexibility index (Phi) is 5.57. The number of H-pyrrole nitrogens is 1. The third kappa shape index (κ3) is 4.67. The Morgan fingerprint density at radius 2 is 1.89 bits per heavy atom. The van der Waals surface area contributed by atoms with E-state index in [4.69, 9.17) is 11.6 Å². The van der Waals surface area contributed by atoms with E-state index in [1.807, 2.05) is 24.3 Å². The summed E-state index contributed by atoms with van der Waals surface area (Å²) in [4.78, 5) is 24.6. The maximum absolute atomic E-state index is 13.4. The lowest BCUT2D eigenvalue weighted by atomic mass is 10.3. The van der Waals surface area contributed by atoms with Crippen LogP contribution in [0.1, 0.15) is 5.82 Å². The van der Waals surface area contributed by atoms with Crippen molar-refractivity contribution in [3.05, 3.63) is 59.1 Å². The van der Waals surface area contributed by atoms with Crippen LogP contribution in [0.5, 0.6) is 0 Å². The normalized spacial score (nSPS) is 15.8. The molecule has 1 saturated heterocycles. The predicted molar refractivity (Wildman–Crippen MR) is 108 cm³/mol. The molecule has 28 heavy (non-hydrogen) atoms. The molecule has 0 radical (unpaired) electrons. The molecule has 8 heteroatoms. The fourth-order valence-corrected chi connectivity index (χ4v) is 3.65. The molecule has 1 aromatic heterocycles. The Morgan fingerprint density at radius 1 is 1.14 bits per heavy atom. The molecule has 6 nitrogen and oxygen atoms in total. The molecule has 2 N–H and O–H groups in total. The van der Waals surface area contributed by atoms with Crippen LogP contribution < -0.4 is 5.32 Å². The van der Waals surface area contributed by atoms with Crippen LogP contribution in [0.4, 0.5) is 10.1 Å². The number of carbonyl (C=O) groups is 1. The molecule has 0 atom stereocenters. The minimum absolute atomic E-state index is 0.174. The molecule has 1 aliphatic rings. The summed E-state index contributed by atoms with van der Waals surface area (Å²) < 4.78 is 13.4. The summed E-state index contributed by atoms with van der Waals surface area (Å²) in [7, 11) is 0. The topological polar surface area (TPSA) is 64.3 Å². The Morgan fingerprint density at radius 3 is 2.64 bits per heavy atom. The molecular formula is C20H21ClFN5O. The molecule has 0 aliphatic carbocycles. The van der Waals surface area contributed by atoms with Crippen molar-refractivity contribution in [1.29, 1.82) is 0 Å². The van der Waals surface area contributed by atoms with E-state index in [1.54, 1.807) is 0 Å². The molecule has 1 aliphatic heterocycles. The fraction of sp³-hybridized carbons (Fsp3) is 0.300. The summed E-state index contributed by atoms with van der Waals surface area (Å²) in [6.07, 6.45) is 0. The summed E-state index contributed by atoms with van der Waals surface area (Å²) in [6, 6.07) is 12.0. The van der Waals surface area contributed by atoms with Gasteiger partial charge in [0.1, 0.15) is 11.6 Å². The number of imidazole rings is 1. The molecule has 0 unspecified atom stereocenters. The molecule has 1 fully saturated rings. The lowest BCUT2D eigenvalue weighted by molar-refractivity contribution is -0.117.